The number of carbonyl (C=O) groups excluding carboxylic acids is 1. The maximum atomic E-state index is 11.3. The third-order valence-electron chi connectivity index (χ3n) is 3.79. The van der Waals surface area contributed by atoms with E-state index in [0.29, 0.717) is 5.92 Å². The largest absolute Gasteiger partial charge is 0.458 e. The van der Waals surface area contributed by atoms with Crippen molar-refractivity contribution in [1.29, 1.82) is 0 Å². The summed E-state index contributed by atoms with van der Waals surface area (Å²) in [7, 11) is 0. The fourth-order valence-electron chi connectivity index (χ4n) is 2.84. The summed E-state index contributed by atoms with van der Waals surface area (Å²) in [5.74, 6) is 0.192. The van der Waals surface area contributed by atoms with E-state index in [2.05, 4.69) is 17.1 Å². The maximum Gasteiger partial charge on any atom is 0.303 e. The Morgan fingerprint density at radius 1 is 1.24 bits per heavy atom. The summed E-state index contributed by atoms with van der Waals surface area (Å²) >= 11 is 0. The molecular weight excluding hydrogens is 264 g/mol. The molecule has 1 aliphatic rings. The molecule has 108 valence electrons. The highest BCUT2D eigenvalue weighted by atomic mass is 16.5. The fourth-order valence-corrected chi connectivity index (χ4v) is 2.84. The van der Waals surface area contributed by atoms with Gasteiger partial charge in [-0.05, 0) is 24.8 Å². The van der Waals surface area contributed by atoms with Crippen LogP contribution in [-0.2, 0) is 16.0 Å². The van der Waals surface area contributed by atoms with E-state index in [-0.39, 0.29) is 12.1 Å². The highest BCUT2D eigenvalue weighted by molar-refractivity contribution is 5.66. The molecule has 0 amide bonds. The fraction of sp³-hybridized carbons (Fsp3) is 0.353. The van der Waals surface area contributed by atoms with Crippen molar-refractivity contribution < 1.29 is 9.53 Å². The standard InChI is InChI=1S/C17H18N2O2/c1-11-8-16-14(17(9-11)21-12(2)20)10-15(18-19-16)13-6-4-3-5-7-13/h3-7,10-11,17H,8-9H2,1-2H3. The van der Waals surface area contributed by atoms with Crippen molar-refractivity contribution in [2.24, 2.45) is 5.92 Å². The first kappa shape index (κ1) is 13.7. The van der Waals surface area contributed by atoms with Crippen molar-refractivity contribution in [2.45, 2.75) is 32.8 Å². The predicted molar refractivity (Wildman–Crippen MR) is 79.5 cm³/mol. The van der Waals surface area contributed by atoms with Gasteiger partial charge >= 0.3 is 5.97 Å². The minimum absolute atomic E-state index is 0.209. The number of carbonyl (C=O) groups is 1. The van der Waals surface area contributed by atoms with E-state index in [1.807, 2.05) is 36.4 Å². The Labute approximate surface area is 124 Å². The van der Waals surface area contributed by atoms with Gasteiger partial charge in [-0.15, -0.1) is 0 Å². The van der Waals surface area contributed by atoms with Gasteiger partial charge < -0.3 is 4.74 Å². The molecule has 0 saturated heterocycles. The zero-order valence-electron chi connectivity index (χ0n) is 12.2. The van der Waals surface area contributed by atoms with Crippen LogP contribution in [0.1, 0.15) is 37.6 Å². The Hall–Kier alpha value is -2.23. The van der Waals surface area contributed by atoms with Crippen LogP contribution < -0.4 is 0 Å². The number of aromatic nitrogens is 2. The highest BCUT2D eigenvalue weighted by Crippen LogP contribution is 2.35. The highest BCUT2D eigenvalue weighted by Gasteiger charge is 2.28. The molecule has 0 bridgehead atoms. The molecule has 21 heavy (non-hydrogen) atoms. The van der Waals surface area contributed by atoms with Crippen LogP contribution in [0.15, 0.2) is 36.4 Å². The van der Waals surface area contributed by atoms with E-state index in [4.69, 9.17) is 4.74 Å². The molecule has 1 heterocycles. The number of fused-ring (bicyclic) bond motifs is 1. The second kappa shape index (κ2) is 5.64. The summed E-state index contributed by atoms with van der Waals surface area (Å²) in [5.41, 5.74) is 3.78. The van der Waals surface area contributed by atoms with Crippen LogP contribution in [-0.4, -0.2) is 16.2 Å². The van der Waals surface area contributed by atoms with Gasteiger partial charge in [0.1, 0.15) is 6.10 Å². The number of rotatable bonds is 2. The van der Waals surface area contributed by atoms with E-state index in [1.54, 1.807) is 0 Å². The van der Waals surface area contributed by atoms with Gasteiger partial charge in [0.15, 0.2) is 0 Å². The minimum Gasteiger partial charge on any atom is -0.458 e. The van der Waals surface area contributed by atoms with Gasteiger partial charge in [0.25, 0.3) is 0 Å². The van der Waals surface area contributed by atoms with Gasteiger partial charge in [-0.3, -0.25) is 4.79 Å². The van der Waals surface area contributed by atoms with Crippen LogP contribution in [0.4, 0.5) is 0 Å². The Bertz CT molecular complexity index is 655. The summed E-state index contributed by atoms with van der Waals surface area (Å²) in [5, 5.41) is 8.68. The van der Waals surface area contributed by atoms with E-state index < -0.39 is 0 Å². The van der Waals surface area contributed by atoms with E-state index in [0.717, 1.165) is 35.4 Å². The quantitative estimate of drug-likeness (QED) is 0.793. The van der Waals surface area contributed by atoms with Crippen molar-refractivity contribution in [3.8, 4) is 11.3 Å². The van der Waals surface area contributed by atoms with E-state index in [9.17, 15) is 4.79 Å². The predicted octanol–water partition coefficient (Wildman–Crippen LogP) is 3.33. The van der Waals surface area contributed by atoms with Gasteiger partial charge in [0.05, 0.1) is 11.4 Å². The molecule has 2 aromatic rings. The number of benzene rings is 1. The van der Waals surface area contributed by atoms with Crippen molar-refractivity contribution >= 4 is 5.97 Å². The van der Waals surface area contributed by atoms with Crippen LogP contribution in [0.5, 0.6) is 0 Å². The molecule has 1 aromatic carbocycles. The molecule has 0 radical (unpaired) electrons. The molecule has 1 aromatic heterocycles. The zero-order valence-corrected chi connectivity index (χ0v) is 12.2. The van der Waals surface area contributed by atoms with E-state index in [1.165, 1.54) is 6.92 Å². The topological polar surface area (TPSA) is 52.1 Å². The Kier molecular flexibility index (Phi) is 3.69. The molecule has 4 heteroatoms. The summed E-state index contributed by atoms with van der Waals surface area (Å²) in [6.45, 7) is 3.60. The van der Waals surface area contributed by atoms with Crippen LogP contribution in [0.2, 0.25) is 0 Å². The molecule has 0 fully saturated rings. The van der Waals surface area contributed by atoms with Crippen LogP contribution in [0.25, 0.3) is 11.3 Å². The van der Waals surface area contributed by atoms with Gasteiger partial charge in [0.2, 0.25) is 0 Å². The molecular formula is C17H18N2O2. The van der Waals surface area contributed by atoms with Crippen LogP contribution >= 0.6 is 0 Å². The van der Waals surface area contributed by atoms with Crippen molar-refractivity contribution in [1.82, 2.24) is 10.2 Å². The van der Waals surface area contributed by atoms with Gasteiger partial charge in [-0.2, -0.15) is 10.2 Å². The third-order valence-corrected chi connectivity index (χ3v) is 3.79. The first-order valence-corrected chi connectivity index (χ1v) is 7.22. The normalized spacial score (nSPS) is 20.7. The van der Waals surface area contributed by atoms with Crippen LogP contribution in [0, 0.1) is 5.92 Å². The molecule has 3 rings (SSSR count). The smallest absolute Gasteiger partial charge is 0.303 e. The van der Waals surface area contributed by atoms with Crippen molar-refractivity contribution in [3.63, 3.8) is 0 Å². The zero-order chi connectivity index (χ0) is 14.8. The van der Waals surface area contributed by atoms with E-state index >= 15 is 0 Å². The van der Waals surface area contributed by atoms with Crippen LogP contribution in [0.3, 0.4) is 0 Å². The van der Waals surface area contributed by atoms with Gasteiger partial charge in [0, 0.05) is 18.1 Å². The lowest BCUT2D eigenvalue weighted by Crippen LogP contribution is -2.22. The Balaban J connectivity index is 2.01. The van der Waals surface area contributed by atoms with Gasteiger partial charge in [-0.25, -0.2) is 0 Å². The number of nitrogens with zero attached hydrogens (tertiary/aromatic N) is 2. The number of esters is 1. The molecule has 0 spiro atoms. The number of ether oxygens (including phenoxy) is 1. The summed E-state index contributed by atoms with van der Waals surface area (Å²) in [6.07, 6.45) is 1.51. The monoisotopic (exact) mass is 282 g/mol. The first-order chi connectivity index (χ1) is 10.1. The summed E-state index contributed by atoms with van der Waals surface area (Å²) in [4.78, 5) is 11.3. The SMILES string of the molecule is CC(=O)OC1CC(C)Cc2nnc(-c3ccccc3)cc21. The average Bonchev–Trinajstić information content (AvgIpc) is 2.47. The summed E-state index contributed by atoms with van der Waals surface area (Å²) in [6, 6.07) is 11.9. The molecule has 0 saturated carbocycles. The summed E-state index contributed by atoms with van der Waals surface area (Å²) < 4.78 is 5.47. The molecule has 2 unspecified atom stereocenters. The first-order valence-electron chi connectivity index (χ1n) is 7.22. The van der Waals surface area contributed by atoms with Crippen molar-refractivity contribution in [3.05, 3.63) is 47.7 Å². The molecule has 0 N–H and O–H groups in total. The second-order valence-electron chi connectivity index (χ2n) is 5.64. The number of hydrogen-bond acceptors (Lipinski definition) is 4. The molecule has 1 aliphatic carbocycles. The molecule has 0 aliphatic heterocycles. The Morgan fingerprint density at radius 3 is 2.71 bits per heavy atom. The molecule has 2 atom stereocenters. The lowest BCUT2D eigenvalue weighted by Gasteiger charge is -2.28. The van der Waals surface area contributed by atoms with Gasteiger partial charge in [-0.1, -0.05) is 37.3 Å². The minimum atomic E-state index is -0.252. The lowest BCUT2D eigenvalue weighted by molar-refractivity contribution is -0.147. The lowest BCUT2D eigenvalue weighted by atomic mass is 9.85. The average molecular weight is 282 g/mol. The molecule has 4 nitrogen and oxygen atoms in total. The van der Waals surface area contributed by atoms with Crippen molar-refractivity contribution in [2.75, 3.05) is 0 Å². The number of hydrogen-bond donors (Lipinski definition) is 0. The maximum absolute atomic E-state index is 11.3. The second-order valence-corrected chi connectivity index (χ2v) is 5.64. The Morgan fingerprint density at radius 2 is 2.00 bits per heavy atom. The third kappa shape index (κ3) is 2.94.